The van der Waals surface area contributed by atoms with Crippen LogP contribution in [0.25, 0.3) is 0 Å². The van der Waals surface area contributed by atoms with Crippen LogP contribution in [0.3, 0.4) is 0 Å². The van der Waals surface area contributed by atoms with Gasteiger partial charge in [-0.05, 0) is 38.8 Å². The van der Waals surface area contributed by atoms with E-state index in [1.54, 1.807) is 11.3 Å². The highest BCUT2D eigenvalue weighted by atomic mass is 32.1. The zero-order valence-electron chi connectivity index (χ0n) is 8.55. The number of rotatable bonds is 3. The Bertz CT molecular complexity index is 279. The Hall–Kier alpha value is -0.610. The Morgan fingerprint density at radius 1 is 1.71 bits per heavy atom. The topological polar surface area (TPSA) is 37.0 Å². The summed E-state index contributed by atoms with van der Waals surface area (Å²) in [6.07, 6.45) is 4.57. The fraction of sp³-hybridized carbons (Fsp3) is 0.700. The first kappa shape index (κ1) is 9.93. The van der Waals surface area contributed by atoms with E-state index >= 15 is 0 Å². The second-order valence-corrected chi connectivity index (χ2v) is 5.10. The van der Waals surface area contributed by atoms with E-state index in [0.717, 1.165) is 24.1 Å². The summed E-state index contributed by atoms with van der Waals surface area (Å²) in [6, 6.07) is 0. The third-order valence-electron chi connectivity index (χ3n) is 2.56. The quantitative estimate of drug-likeness (QED) is 0.801. The molecule has 0 aliphatic carbocycles. The van der Waals surface area contributed by atoms with Crippen molar-refractivity contribution in [3.05, 3.63) is 11.1 Å². The smallest absolute Gasteiger partial charge is 0.182 e. The molecular formula is C10H17N3S. The van der Waals surface area contributed by atoms with Crippen molar-refractivity contribution in [3.63, 3.8) is 0 Å². The number of nitrogens with one attached hydrogen (secondary N) is 2. The third kappa shape index (κ3) is 2.69. The number of hydrogen-bond donors (Lipinski definition) is 2. The van der Waals surface area contributed by atoms with E-state index in [-0.39, 0.29) is 0 Å². The minimum atomic E-state index is 0.771. The van der Waals surface area contributed by atoms with Crippen LogP contribution in [0.5, 0.6) is 0 Å². The molecule has 3 nitrogen and oxygen atoms in total. The molecule has 0 saturated carbocycles. The third-order valence-corrected chi connectivity index (χ3v) is 3.43. The van der Waals surface area contributed by atoms with Crippen LogP contribution in [0.4, 0.5) is 5.13 Å². The Morgan fingerprint density at radius 2 is 2.64 bits per heavy atom. The van der Waals surface area contributed by atoms with Crippen molar-refractivity contribution >= 4 is 16.5 Å². The predicted octanol–water partition coefficient (Wildman–Crippen LogP) is 1.86. The number of anilines is 1. The van der Waals surface area contributed by atoms with Gasteiger partial charge in [0.1, 0.15) is 0 Å². The molecule has 1 fully saturated rings. The van der Waals surface area contributed by atoms with Crippen molar-refractivity contribution in [2.24, 2.45) is 5.92 Å². The van der Waals surface area contributed by atoms with Gasteiger partial charge < -0.3 is 10.6 Å². The van der Waals surface area contributed by atoms with E-state index in [1.165, 1.54) is 24.3 Å². The monoisotopic (exact) mass is 211 g/mol. The highest BCUT2D eigenvalue weighted by Crippen LogP contribution is 2.18. The summed E-state index contributed by atoms with van der Waals surface area (Å²) in [5.74, 6) is 0.771. The van der Waals surface area contributed by atoms with Gasteiger partial charge in [0.2, 0.25) is 0 Å². The molecule has 1 aromatic heterocycles. The summed E-state index contributed by atoms with van der Waals surface area (Å²) in [5.41, 5.74) is 0. The second kappa shape index (κ2) is 4.75. The summed E-state index contributed by atoms with van der Waals surface area (Å²) in [4.78, 5) is 5.56. The molecule has 0 bridgehead atoms. The van der Waals surface area contributed by atoms with Gasteiger partial charge in [0, 0.05) is 17.6 Å². The van der Waals surface area contributed by atoms with E-state index in [9.17, 15) is 0 Å². The molecule has 1 aliphatic heterocycles. The molecule has 0 radical (unpaired) electrons. The van der Waals surface area contributed by atoms with Gasteiger partial charge in [0.25, 0.3) is 0 Å². The molecule has 2 heterocycles. The molecule has 78 valence electrons. The number of thiazole rings is 1. The van der Waals surface area contributed by atoms with Gasteiger partial charge in [0.05, 0.1) is 0 Å². The average Bonchev–Trinajstić information content (AvgIpc) is 2.63. The molecule has 2 N–H and O–H groups in total. The van der Waals surface area contributed by atoms with Gasteiger partial charge in [-0.3, -0.25) is 0 Å². The molecule has 1 atom stereocenters. The summed E-state index contributed by atoms with van der Waals surface area (Å²) in [7, 11) is 0. The Kier molecular flexibility index (Phi) is 3.37. The lowest BCUT2D eigenvalue weighted by atomic mass is 10.00. The van der Waals surface area contributed by atoms with Crippen molar-refractivity contribution in [1.82, 2.24) is 10.3 Å². The van der Waals surface area contributed by atoms with E-state index < -0.39 is 0 Å². The van der Waals surface area contributed by atoms with Crippen LogP contribution in [-0.2, 0) is 0 Å². The van der Waals surface area contributed by atoms with Crippen molar-refractivity contribution in [3.8, 4) is 0 Å². The van der Waals surface area contributed by atoms with Crippen molar-refractivity contribution in [2.45, 2.75) is 19.8 Å². The zero-order chi connectivity index (χ0) is 9.80. The van der Waals surface area contributed by atoms with E-state index in [4.69, 9.17) is 0 Å². The summed E-state index contributed by atoms with van der Waals surface area (Å²) < 4.78 is 0. The molecule has 0 amide bonds. The van der Waals surface area contributed by atoms with Crippen LogP contribution in [0.1, 0.15) is 17.7 Å². The molecule has 2 rings (SSSR count). The van der Waals surface area contributed by atoms with Crippen LogP contribution in [-0.4, -0.2) is 24.6 Å². The van der Waals surface area contributed by atoms with Crippen LogP contribution in [0, 0.1) is 12.8 Å². The molecule has 0 aromatic carbocycles. The molecule has 14 heavy (non-hydrogen) atoms. The zero-order valence-corrected chi connectivity index (χ0v) is 9.36. The Balaban J connectivity index is 1.76. The molecule has 0 spiro atoms. The van der Waals surface area contributed by atoms with Gasteiger partial charge in [-0.2, -0.15) is 0 Å². The first-order valence-electron chi connectivity index (χ1n) is 5.21. The fourth-order valence-corrected chi connectivity index (χ4v) is 2.44. The molecular weight excluding hydrogens is 194 g/mol. The number of hydrogen-bond acceptors (Lipinski definition) is 4. The van der Waals surface area contributed by atoms with Crippen molar-refractivity contribution < 1.29 is 0 Å². The maximum absolute atomic E-state index is 4.29. The molecule has 1 aromatic rings. The van der Waals surface area contributed by atoms with Crippen LogP contribution >= 0.6 is 11.3 Å². The van der Waals surface area contributed by atoms with Crippen LogP contribution < -0.4 is 10.6 Å². The van der Waals surface area contributed by atoms with Gasteiger partial charge in [-0.15, -0.1) is 11.3 Å². The van der Waals surface area contributed by atoms with Crippen molar-refractivity contribution in [1.29, 1.82) is 0 Å². The lowest BCUT2D eigenvalue weighted by Crippen LogP contribution is -2.33. The standard InChI is InChI=1S/C10H17N3S/c1-8-5-12-10(14-8)13-7-9-3-2-4-11-6-9/h5,9,11H,2-4,6-7H2,1H3,(H,12,13). The first-order chi connectivity index (χ1) is 6.84. The highest BCUT2D eigenvalue weighted by molar-refractivity contribution is 7.15. The average molecular weight is 211 g/mol. The number of aryl methyl sites for hydroxylation is 1. The SMILES string of the molecule is Cc1cnc(NCC2CCCNC2)s1. The normalized spacial score (nSPS) is 22.2. The van der Waals surface area contributed by atoms with Gasteiger partial charge in [-0.25, -0.2) is 4.98 Å². The lowest BCUT2D eigenvalue weighted by molar-refractivity contribution is 0.393. The van der Waals surface area contributed by atoms with Gasteiger partial charge in [-0.1, -0.05) is 0 Å². The van der Waals surface area contributed by atoms with E-state index in [0.29, 0.717) is 0 Å². The van der Waals surface area contributed by atoms with Crippen LogP contribution in [0.2, 0.25) is 0 Å². The lowest BCUT2D eigenvalue weighted by Gasteiger charge is -2.22. The summed E-state index contributed by atoms with van der Waals surface area (Å²) in [6.45, 7) is 5.48. The second-order valence-electron chi connectivity index (χ2n) is 3.87. The molecule has 1 unspecified atom stereocenters. The predicted molar refractivity (Wildman–Crippen MR) is 60.9 cm³/mol. The first-order valence-corrected chi connectivity index (χ1v) is 6.03. The largest absolute Gasteiger partial charge is 0.361 e. The van der Waals surface area contributed by atoms with Gasteiger partial charge in [0.15, 0.2) is 5.13 Å². The van der Waals surface area contributed by atoms with E-state index in [2.05, 4.69) is 22.5 Å². The molecule has 1 saturated heterocycles. The molecule has 4 heteroatoms. The number of aromatic nitrogens is 1. The molecule has 1 aliphatic rings. The number of piperidine rings is 1. The Morgan fingerprint density at radius 3 is 3.29 bits per heavy atom. The maximum atomic E-state index is 4.29. The fourth-order valence-electron chi connectivity index (χ4n) is 1.77. The minimum absolute atomic E-state index is 0.771. The summed E-state index contributed by atoms with van der Waals surface area (Å²) in [5, 5.41) is 7.88. The van der Waals surface area contributed by atoms with E-state index in [1.807, 2.05) is 6.20 Å². The van der Waals surface area contributed by atoms with Gasteiger partial charge >= 0.3 is 0 Å². The highest BCUT2D eigenvalue weighted by Gasteiger charge is 2.12. The minimum Gasteiger partial charge on any atom is -0.361 e. The van der Waals surface area contributed by atoms with Crippen molar-refractivity contribution in [2.75, 3.05) is 25.0 Å². The maximum Gasteiger partial charge on any atom is 0.182 e. The number of nitrogens with zero attached hydrogens (tertiary/aromatic N) is 1. The Labute approximate surface area is 88.9 Å². The summed E-state index contributed by atoms with van der Waals surface area (Å²) >= 11 is 1.73. The van der Waals surface area contributed by atoms with Crippen LogP contribution in [0.15, 0.2) is 6.20 Å².